The number of carbonyl (C=O) groups is 1. The van der Waals surface area contributed by atoms with E-state index in [-0.39, 0.29) is 11.4 Å². The van der Waals surface area contributed by atoms with Gasteiger partial charge in [0.1, 0.15) is 0 Å². The summed E-state index contributed by atoms with van der Waals surface area (Å²) in [5, 5.41) is 3.45. The van der Waals surface area contributed by atoms with Gasteiger partial charge in [0.2, 0.25) is 0 Å². The number of nitrogens with one attached hydrogen (secondary N) is 1. The molecule has 1 saturated heterocycles. The molecule has 2 bridgehead atoms. The Hall–Kier alpha value is -0.770. The highest BCUT2D eigenvalue weighted by Crippen LogP contribution is 2.65. The summed E-state index contributed by atoms with van der Waals surface area (Å²) in [6.45, 7) is 9.79. The molecule has 0 radical (unpaired) electrons. The molecule has 4 nitrogen and oxygen atoms in total. The maximum Gasteiger partial charge on any atom is 0.317 e. The van der Waals surface area contributed by atoms with E-state index in [0.717, 1.165) is 32.1 Å². The number of nitrogens with zero attached hydrogens (tertiary/aromatic N) is 1. The van der Waals surface area contributed by atoms with E-state index in [9.17, 15) is 4.79 Å². The number of fused-ring (bicyclic) bond motifs is 2. The van der Waals surface area contributed by atoms with Gasteiger partial charge in [-0.15, -0.1) is 0 Å². The summed E-state index contributed by atoms with van der Waals surface area (Å²) in [4.78, 5) is 15.1. The van der Waals surface area contributed by atoms with Crippen LogP contribution in [0.25, 0.3) is 0 Å². The smallest absolute Gasteiger partial charge is 0.317 e. The Kier molecular flexibility index (Phi) is 3.67. The number of rotatable bonds is 4. The normalized spacial score (nSPS) is 41.3. The van der Waals surface area contributed by atoms with Crippen molar-refractivity contribution in [3.8, 4) is 0 Å². The third kappa shape index (κ3) is 2.48. The third-order valence-corrected chi connectivity index (χ3v) is 7.82. The lowest BCUT2D eigenvalue weighted by molar-refractivity contribution is 0.114. The molecule has 1 N–H and O–H groups in total. The molecule has 4 aliphatic rings. The average molecular weight is 320 g/mol. The second-order valence-corrected chi connectivity index (χ2v) is 9.23. The number of ether oxygens (including phenoxy) is 1. The Morgan fingerprint density at radius 2 is 2.00 bits per heavy atom. The van der Waals surface area contributed by atoms with Crippen LogP contribution in [0.2, 0.25) is 0 Å². The minimum Gasteiger partial charge on any atom is -0.381 e. The summed E-state index contributed by atoms with van der Waals surface area (Å²) < 4.78 is 5.50. The van der Waals surface area contributed by atoms with Gasteiger partial charge in [0.25, 0.3) is 0 Å². The molecule has 4 heteroatoms. The lowest BCUT2D eigenvalue weighted by atomic mass is 9.69. The van der Waals surface area contributed by atoms with Gasteiger partial charge >= 0.3 is 6.03 Å². The van der Waals surface area contributed by atoms with E-state index in [1.165, 1.54) is 32.1 Å². The largest absolute Gasteiger partial charge is 0.381 e. The molecule has 130 valence electrons. The molecule has 4 atom stereocenters. The zero-order valence-corrected chi connectivity index (χ0v) is 14.9. The number of carbonyl (C=O) groups excluding carboxylic acids is 1. The molecule has 0 spiro atoms. The van der Waals surface area contributed by atoms with Crippen molar-refractivity contribution in [1.82, 2.24) is 10.2 Å². The standard InChI is InChI=1S/C19H32N2O2/c1-18(2)14-6-8-19(18,3)16(10-14)20-17(22)21(15-4-5-15)11-13-7-9-23-12-13/h13-16H,4-12H2,1-3H3,(H,20,22). The lowest BCUT2D eigenvalue weighted by Crippen LogP contribution is -2.52. The molecule has 4 rings (SSSR count). The molecule has 1 aliphatic heterocycles. The molecule has 4 unspecified atom stereocenters. The maximum atomic E-state index is 13.0. The van der Waals surface area contributed by atoms with Gasteiger partial charge in [-0.1, -0.05) is 20.8 Å². The molecule has 4 fully saturated rings. The first kappa shape index (κ1) is 15.7. The molecule has 0 aromatic rings. The van der Waals surface area contributed by atoms with Crippen LogP contribution in [0.5, 0.6) is 0 Å². The summed E-state index contributed by atoms with van der Waals surface area (Å²) in [5.74, 6) is 1.31. The van der Waals surface area contributed by atoms with Crippen LogP contribution in [-0.4, -0.2) is 42.8 Å². The molecule has 0 aromatic carbocycles. The van der Waals surface area contributed by atoms with Gasteiger partial charge in [0, 0.05) is 31.2 Å². The van der Waals surface area contributed by atoms with E-state index in [2.05, 4.69) is 31.0 Å². The van der Waals surface area contributed by atoms with Gasteiger partial charge < -0.3 is 15.0 Å². The number of amides is 2. The molecule has 2 amide bonds. The van der Waals surface area contributed by atoms with Crippen LogP contribution >= 0.6 is 0 Å². The van der Waals surface area contributed by atoms with Crippen molar-refractivity contribution in [1.29, 1.82) is 0 Å². The van der Waals surface area contributed by atoms with Crippen LogP contribution in [0.1, 0.15) is 59.3 Å². The fourth-order valence-electron chi connectivity index (χ4n) is 5.44. The molecule has 1 heterocycles. The van der Waals surface area contributed by atoms with Gasteiger partial charge in [0.15, 0.2) is 0 Å². The maximum absolute atomic E-state index is 13.0. The molecule has 0 aromatic heterocycles. The zero-order chi connectivity index (χ0) is 16.2. The van der Waals surface area contributed by atoms with E-state index in [1.54, 1.807) is 0 Å². The summed E-state index contributed by atoms with van der Waals surface area (Å²) >= 11 is 0. The first-order chi connectivity index (χ1) is 10.9. The Morgan fingerprint density at radius 3 is 2.52 bits per heavy atom. The highest BCUT2D eigenvalue weighted by atomic mass is 16.5. The Labute approximate surface area is 140 Å². The van der Waals surface area contributed by atoms with E-state index in [1.807, 2.05) is 0 Å². The molecule has 3 aliphatic carbocycles. The third-order valence-electron chi connectivity index (χ3n) is 7.82. The van der Waals surface area contributed by atoms with E-state index in [4.69, 9.17) is 4.74 Å². The second-order valence-electron chi connectivity index (χ2n) is 9.23. The molecular formula is C19H32N2O2. The van der Waals surface area contributed by atoms with Crippen LogP contribution in [0.3, 0.4) is 0 Å². The van der Waals surface area contributed by atoms with Crippen molar-refractivity contribution in [2.24, 2.45) is 22.7 Å². The fraction of sp³-hybridized carbons (Fsp3) is 0.947. The SMILES string of the molecule is CC1(C)C2CCC1(C)C(NC(=O)N(CC1CCOC1)C1CC1)C2. The lowest BCUT2D eigenvalue weighted by Gasteiger charge is -2.40. The van der Waals surface area contributed by atoms with Crippen LogP contribution in [0, 0.1) is 22.7 Å². The number of hydrogen-bond donors (Lipinski definition) is 1. The number of hydrogen-bond acceptors (Lipinski definition) is 2. The van der Waals surface area contributed by atoms with Gasteiger partial charge in [0.05, 0.1) is 6.61 Å². The summed E-state index contributed by atoms with van der Waals surface area (Å²) in [5.41, 5.74) is 0.619. The topological polar surface area (TPSA) is 41.6 Å². The van der Waals surface area contributed by atoms with E-state index < -0.39 is 0 Å². The Bertz CT molecular complexity index is 482. The van der Waals surface area contributed by atoms with E-state index in [0.29, 0.717) is 23.4 Å². The van der Waals surface area contributed by atoms with Crippen molar-refractivity contribution in [2.75, 3.05) is 19.8 Å². The van der Waals surface area contributed by atoms with Gasteiger partial charge in [-0.2, -0.15) is 0 Å². The van der Waals surface area contributed by atoms with Crippen LogP contribution in [0.4, 0.5) is 4.79 Å². The number of urea groups is 1. The van der Waals surface area contributed by atoms with Crippen LogP contribution < -0.4 is 5.32 Å². The zero-order valence-electron chi connectivity index (χ0n) is 14.9. The Morgan fingerprint density at radius 1 is 1.22 bits per heavy atom. The van der Waals surface area contributed by atoms with Crippen LogP contribution in [0.15, 0.2) is 0 Å². The first-order valence-corrected chi connectivity index (χ1v) is 9.57. The van der Waals surface area contributed by atoms with Crippen molar-refractivity contribution >= 4 is 6.03 Å². The van der Waals surface area contributed by atoms with Crippen molar-refractivity contribution in [2.45, 2.75) is 71.4 Å². The van der Waals surface area contributed by atoms with Crippen molar-refractivity contribution < 1.29 is 9.53 Å². The summed E-state index contributed by atoms with van der Waals surface area (Å²) in [6, 6.07) is 1.02. The van der Waals surface area contributed by atoms with Crippen molar-refractivity contribution in [3.63, 3.8) is 0 Å². The molecule has 3 saturated carbocycles. The molecular weight excluding hydrogens is 288 g/mol. The summed E-state index contributed by atoms with van der Waals surface area (Å²) in [7, 11) is 0. The van der Waals surface area contributed by atoms with Gasteiger partial charge in [-0.25, -0.2) is 4.79 Å². The second kappa shape index (κ2) is 5.37. The van der Waals surface area contributed by atoms with Gasteiger partial charge in [-0.05, 0) is 55.3 Å². The highest BCUT2D eigenvalue weighted by Gasteiger charge is 2.61. The minimum atomic E-state index is 0.189. The monoisotopic (exact) mass is 320 g/mol. The molecule has 23 heavy (non-hydrogen) atoms. The average Bonchev–Trinajstić information content (AvgIpc) is 3.12. The van der Waals surface area contributed by atoms with Crippen LogP contribution in [-0.2, 0) is 4.74 Å². The van der Waals surface area contributed by atoms with Crippen molar-refractivity contribution in [3.05, 3.63) is 0 Å². The predicted molar refractivity (Wildman–Crippen MR) is 90.2 cm³/mol. The first-order valence-electron chi connectivity index (χ1n) is 9.57. The van der Waals surface area contributed by atoms with E-state index >= 15 is 0 Å². The summed E-state index contributed by atoms with van der Waals surface area (Å²) in [6.07, 6.45) is 7.22. The fourth-order valence-corrected chi connectivity index (χ4v) is 5.44. The quantitative estimate of drug-likeness (QED) is 0.862. The van der Waals surface area contributed by atoms with Gasteiger partial charge in [-0.3, -0.25) is 0 Å². The minimum absolute atomic E-state index is 0.189. The predicted octanol–water partition coefficient (Wildman–Crippen LogP) is 3.41. The highest BCUT2D eigenvalue weighted by molar-refractivity contribution is 5.75. The Balaban J connectivity index is 1.42.